The van der Waals surface area contributed by atoms with Crippen molar-refractivity contribution in [2.24, 2.45) is 0 Å². The van der Waals surface area contributed by atoms with E-state index in [9.17, 15) is 13.6 Å². The van der Waals surface area contributed by atoms with Gasteiger partial charge in [-0.3, -0.25) is 4.79 Å². The highest BCUT2D eigenvalue weighted by Crippen LogP contribution is 2.19. The molecule has 1 rings (SSSR count). The van der Waals surface area contributed by atoms with Crippen molar-refractivity contribution in [1.82, 2.24) is 4.90 Å². The monoisotopic (exact) mass is 228 g/mol. The second-order valence-corrected chi connectivity index (χ2v) is 3.55. The third kappa shape index (κ3) is 2.29. The molecule has 5 heteroatoms. The van der Waals surface area contributed by atoms with Gasteiger partial charge in [0.2, 0.25) is 0 Å². The van der Waals surface area contributed by atoms with Crippen LogP contribution in [0.4, 0.5) is 14.5 Å². The lowest BCUT2D eigenvalue weighted by Crippen LogP contribution is -2.29. The zero-order chi connectivity index (χ0) is 12.3. The Morgan fingerprint density at radius 3 is 2.62 bits per heavy atom. The van der Waals surface area contributed by atoms with Crippen LogP contribution >= 0.6 is 0 Å². The van der Waals surface area contributed by atoms with E-state index in [1.807, 2.05) is 6.92 Å². The Hall–Kier alpha value is -1.65. The van der Waals surface area contributed by atoms with Gasteiger partial charge in [0, 0.05) is 13.6 Å². The van der Waals surface area contributed by atoms with Gasteiger partial charge >= 0.3 is 0 Å². The molecular formula is C11H14F2N2O. The van der Waals surface area contributed by atoms with E-state index in [0.29, 0.717) is 13.0 Å². The number of hydrogen-bond donors (Lipinski definition) is 1. The van der Waals surface area contributed by atoms with Gasteiger partial charge in [0.25, 0.3) is 5.91 Å². The van der Waals surface area contributed by atoms with Gasteiger partial charge < -0.3 is 10.6 Å². The highest BCUT2D eigenvalue weighted by molar-refractivity contribution is 5.95. The molecule has 0 aliphatic carbocycles. The molecule has 0 atom stereocenters. The summed E-state index contributed by atoms with van der Waals surface area (Å²) in [7, 11) is 1.49. The van der Waals surface area contributed by atoms with E-state index in [-0.39, 0.29) is 5.69 Å². The van der Waals surface area contributed by atoms with Crippen molar-refractivity contribution in [3.05, 3.63) is 29.3 Å². The molecule has 0 bridgehead atoms. The van der Waals surface area contributed by atoms with E-state index in [1.54, 1.807) is 0 Å². The van der Waals surface area contributed by atoms with Crippen molar-refractivity contribution in [2.45, 2.75) is 13.3 Å². The molecule has 0 heterocycles. The zero-order valence-corrected chi connectivity index (χ0v) is 9.26. The molecule has 0 saturated carbocycles. The maximum Gasteiger partial charge on any atom is 0.259 e. The van der Waals surface area contributed by atoms with Crippen LogP contribution in [-0.2, 0) is 0 Å². The summed E-state index contributed by atoms with van der Waals surface area (Å²) < 4.78 is 26.8. The highest BCUT2D eigenvalue weighted by atomic mass is 19.1. The molecule has 1 aromatic carbocycles. The number of anilines is 1. The van der Waals surface area contributed by atoms with E-state index < -0.39 is 23.1 Å². The number of carbonyl (C=O) groups is 1. The number of nitrogens with zero attached hydrogens (tertiary/aromatic N) is 1. The lowest BCUT2D eigenvalue weighted by atomic mass is 10.1. The molecule has 0 spiro atoms. The SMILES string of the molecule is CCCN(C)C(=O)c1c(F)ccc(N)c1F. The van der Waals surface area contributed by atoms with Crippen LogP contribution in [0.1, 0.15) is 23.7 Å². The van der Waals surface area contributed by atoms with Crippen LogP contribution in [0, 0.1) is 11.6 Å². The molecule has 1 amide bonds. The fraction of sp³-hybridized carbons (Fsp3) is 0.364. The minimum Gasteiger partial charge on any atom is -0.396 e. The van der Waals surface area contributed by atoms with Crippen molar-refractivity contribution in [3.8, 4) is 0 Å². The van der Waals surface area contributed by atoms with E-state index >= 15 is 0 Å². The zero-order valence-electron chi connectivity index (χ0n) is 9.26. The second kappa shape index (κ2) is 4.92. The number of benzene rings is 1. The Kier molecular flexibility index (Phi) is 3.82. The van der Waals surface area contributed by atoms with Gasteiger partial charge in [-0.15, -0.1) is 0 Å². The molecule has 3 nitrogen and oxygen atoms in total. The van der Waals surface area contributed by atoms with Crippen molar-refractivity contribution >= 4 is 11.6 Å². The van der Waals surface area contributed by atoms with Gasteiger partial charge in [-0.25, -0.2) is 8.78 Å². The average Bonchev–Trinajstić information content (AvgIpc) is 2.24. The van der Waals surface area contributed by atoms with Gasteiger partial charge in [-0.1, -0.05) is 6.92 Å². The Morgan fingerprint density at radius 1 is 1.44 bits per heavy atom. The first kappa shape index (κ1) is 12.4. The number of nitrogen functional groups attached to an aromatic ring is 1. The Bertz CT molecular complexity index is 407. The molecule has 0 aliphatic rings. The van der Waals surface area contributed by atoms with Crippen molar-refractivity contribution < 1.29 is 13.6 Å². The first-order valence-corrected chi connectivity index (χ1v) is 4.98. The van der Waals surface area contributed by atoms with E-state index in [2.05, 4.69) is 0 Å². The minimum atomic E-state index is -0.993. The molecule has 2 N–H and O–H groups in total. The lowest BCUT2D eigenvalue weighted by Gasteiger charge is -2.17. The van der Waals surface area contributed by atoms with E-state index in [4.69, 9.17) is 5.73 Å². The number of nitrogens with two attached hydrogens (primary N) is 1. The van der Waals surface area contributed by atoms with Crippen molar-refractivity contribution in [3.63, 3.8) is 0 Å². The summed E-state index contributed by atoms with van der Waals surface area (Å²) in [6.07, 6.45) is 0.716. The summed E-state index contributed by atoms with van der Waals surface area (Å²) in [6, 6.07) is 2.09. The van der Waals surface area contributed by atoms with Gasteiger partial charge in [0.1, 0.15) is 11.4 Å². The number of hydrogen-bond acceptors (Lipinski definition) is 2. The normalized spacial score (nSPS) is 10.2. The fourth-order valence-corrected chi connectivity index (χ4v) is 1.39. The first-order chi connectivity index (χ1) is 7.49. The maximum atomic E-state index is 13.5. The second-order valence-electron chi connectivity index (χ2n) is 3.55. The predicted octanol–water partition coefficient (Wildman–Crippen LogP) is 2.03. The topological polar surface area (TPSA) is 46.3 Å². The third-order valence-corrected chi connectivity index (χ3v) is 2.24. The van der Waals surface area contributed by atoms with Gasteiger partial charge in [0.05, 0.1) is 5.69 Å². The Labute approximate surface area is 92.8 Å². The van der Waals surface area contributed by atoms with Gasteiger partial charge in [-0.05, 0) is 18.6 Å². The molecule has 16 heavy (non-hydrogen) atoms. The predicted molar refractivity (Wildman–Crippen MR) is 58.0 cm³/mol. The average molecular weight is 228 g/mol. The quantitative estimate of drug-likeness (QED) is 0.804. The molecule has 1 aromatic rings. The van der Waals surface area contributed by atoms with Crippen molar-refractivity contribution in [2.75, 3.05) is 19.3 Å². The summed E-state index contributed by atoms with van der Waals surface area (Å²) in [5.74, 6) is -2.57. The summed E-state index contributed by atoms with van der Waals surface area (Å²) in [4.78, 5) is 13.0. The van der Waals surface area contributed by atoms with Crippen LogP contribution in [0.2, 0.25) is 0 Å². The molecule has 0 saturated heterocycles. The van der Waals surface area contributed by atoms with E-state index in [1.165, 1.54) is 11.9 Å². The number of carbonyl (C=O) groups excluding carboxylic acids is 1. The molecule has 0 radical (unpaired) electrons. The first-order valence-electron chi connectivity index (χ1n) is 4.98. The number of rotatable bonds is 3. The largest absolute Gasteiger partial charge is 0.396 e. The molecule has 0 aromatic heterocycles. The Morgan fingerprint density at radius 2 is 2.06 bits per heavy atom. The third-order valence-electron chi connectivity index (χ3n) is 2.24. The summed E-state index contributed by atoms with van der Waals surface area (Å²) >= 11 is 0. The number of amides is 1. The van der Waals surface area contributed by atoms with Crippen LogP contribution in [-0.4, -0.2) is 24.4 Å². The standard InChI is InChI=1S/C11H14F2N2O/c1-3-6-15(2)11(16)9-7(12)4-5-8(14)10(9)13/h4-5H,3,6,14H2,1-2H3. The minimum absolute atomic E-state index is 0.227. The van der Waals surface area contributed by atoms with Crippen LogP contribution in [0.15, 0.2) is 12.1 Å². The molecule has 0 aliphatic heterocycles. The highest BCUT2D eigenvalue weighted by Gasteiger charge is 2.22. The summed E-state index contributed by atoms with van der Waals surface area (Å²) in [5, 5.41) is 0. The fourth-order valence-electron chi connectivity index (χ4n) is 1.39. The lowest BCUT2D eigenvalue weighted by molar-refractivity contribution is 0.0785. The molecule has 88 valence electrons. The van der Waals surface area contributed by atoms with Crippen LogP contribution in [0.5, 0.6) is 0 Å². The van der Waals surface area contributed by atoms with Gasteiger partial charge in [-0.2, -0.15) is 0 Å². The van der Waals surface area contributed by atoms with Crippen LogP contribution in [0.25, 0.3) is 0 Å². The van der Waals surface area contributed by atoms with Gasteiger partial charge in [0.15, 0.2) is 5.82 Å². The smallest absolute Gasteiger partial charge is 0.259 e. The van der Waals surface area contributed by atoms with Crippen LogP contribution in [0.3, 0.4) is 0 Å². The number of halogens is 2. The molecule has 0 fully saturated rings. The Balaban J connectivity index is 3.12. The molecular weight excluding hydrogens is 214 g/mol. The summed E-state index contributed by atoms with van der Waals surface area (Å²) in [6.45, 7) is 2.31. The summed E-state index contributed by atoms with van der Waals surface area (Å²) in [5.41, 5.74) is 4.47. The van der Waals surface area contributed by atoms with E-state index in [0.717, 1.165) is 12.1 Å². The van der Waals surface area contributed by atoms with Crippen molar-refractivity contribution in [1.29, 1.82) is 0 Å². The molecule has 0 unspecified atom stereocenters. The maximum absolute atomic E-state index is 13.5. The van der Waals surface area contributed by atoms with Crippen LogP contribution < -0.4 is 5.73 Å².